The van der Waals surface area contributed by atoms with E-state index in [1.54, 1.807) is 24.3 Å². The third-order valence-corrected chi connectivity index (χ3v) is 2.55. The number of carboxylic acid groups (broad SMARTS) is 1. The number of hydrogen-bond acceptors (Lipinski definition) is 4. The van der Waals surface area contributed by atoms with Crippen LogP contribution in [0.25, 0.3) is 0 Å². The average molecular weight is 259 g/mol. The minimum absolute atomic E-state index is 0.116. The van der Waals surface area contributed by atoms with Crippen LogP contribution in [0.1, 0.15) is 10.4 Å². The van der Waals surface area contributed by atoms with Gasteiger partial charge < -0.3 is 20.3 Å². The lowest BCUT2D eigenvalue weighted by Crippen LogP contribution is -1.99. The smallest absolute Gasteiger partial charge is 0.335 e. The zero-order chi connectivity index (χ0) is 13.8. The zero-order valence-electron chi connectivity index (χ0n) is 10.3. The summed E-state index contributed by atoms with van der Waals surface area (Å²) in [6.07, 6.45) is 0. The van der Waals surface area contributed by atoms with Gasteiger partial charge >= 0.3 is 5.97 Å². The summed E-state index contributed by atoms with van der Waals surface area (Å²) in [5.74, 6) is 0.158. The molecule has 0 bridgehead atoms. The van der Waals surface area contributed by atoms with Gasteiger partial charge in [-0.2, -0.15) is 0 Å². The van der Waals surface area contributed by atoms with Crippen LogP contribution in [0.3, 0.4) is 0 Å². The molecule has 0 spiro atoms. The summed E-state index contributed by atoms with van der Waals surface area (Å²) in [5.41, 5.74) is 6.35. The van der Waals surface area contributed by atoms with E-state index in [-0.39, 0.29) is 5.56 Å². The van der Waals surface area contributed by atoms with Crippen molar-refractivity contribution in [2.24, 2.45) is 0 Å². The molecule has 0 heterocycles. The molecule has 0 aromatic heterocycles. The largest absolute Gasteiger partial charge is 0.493 e. The predicted molar refractivity (Wildman–Crippen MR) is 70.9 cm³/mol. The van der Waals surface area contributed by atoms with Crippen molar-refractivity contribution in [1.29, 1.82) is 0 Å². The van der Waals surface area contributed by atoms with Crippen molar-refractivity contribution >= 4 is 11.7 Å². The van der Waals surface area contributed by atoms with Crippen LogP contribution < -0.4 is 15.2 Å². The summed E-state index contributed by atoms with van der Waals surface area (Å²) in [7, 11) is 1.48. The molecule has 2 rings (SSSR count). The summed E-state index contributed by atoms with van der Waals surface area (Å²) in [6, 6.07) is 11.3. The van der Waals surface area contributed by atoms with Gasteiger partial charge in [-0.05, 0) is 30.3 Å². The van der Waals surface area contributed by atoms with E-state index in [0.717, 1.165) is 0 Å². The van der Waals surface area contributed by atoms with Gasteiger partial charge in [-0.25, -0.2) is 4.79 Å². The highest BCUT2D eigenvalue weighted by Gasteiger charge is 2.11. The van der Waals surface area contributed by atoms with Gasteiger partial charge in [-0.15, -0.1) is 0 Å². The van der Waals surface area contributed by atoms with E-state index in [2.05, 4.69) is 0 Å². The number of carbonyl (C=O) groups is 1. The van der Waals surface area contributed by atoms with E-state index < -0.39 is 5.97 Å². The average Bonchev–Trinajstić information content (AvgIpc) is 2.41. The maximum absolute atomic E-state index is 11.0. The molecule has 0 aliphatic carbocycles. The van der Waals surface area contributed by atoms with E-state index in [1.165, 1.54) is 25.3 Å². The summed E-state index contributed by atoms with van der Waals surface area (Å²) < 4.78 is 10.7. The van der Waals surface area contributed by atoms with Crippen molar-refractivity contribution in [3.05, 3.63) is 48.0 Å². The lowest BCUT2D eigenvalue weighted by Gasteiger charge is -2.12. The Morgan fingerprint density at radius 1 is 1.11 bits per heavy atom. The van der Waals surface area contributed by atoms with Gasteiger partial charge in [0, 0.05) is 0 Å². The number of hydrogen-bond donors (Lipinski definition) is 2. The molecule has 0 aliphatic heterocycles. The predicted octanol–water partition coefficient (Wildman–Crippen LogP) is 2.77. The van der Waals surface area contributed by atoms with E-state index in [4.69, 9.17) is 20.3 Å². The number of ether oxygens (including phenoxy) is 2. The number of nitrogens with two attached hydrogens (primary N) is 1. The van der Waals surface area contributed by atoms with Crippen LogP contribution in [0.4, 0.5) is 5.69 Å². The molecule has 0 unspecified atom stereocenters. The SMILES string of the molecule is COc1ccc(C(=O)O)cc1Oc1ccccc1N. The zero-order valence-corrected chi connectivity index (χ0v) is 10.3. The van der Waals surface area contributed by atoms with Crippen LogP contribution >= 0.6 is 0 Å². The molecule has 0 saturated heterocycles. The molecule has 0 aliphatic rings. The van der Waals surface area contributed by atoms with Crippen LogP contribution in [-0.2, 0) is 0 Å². The molecule has 2 aromatic carbocycles. The quantitative estimate of drug-likeness (QED) is 0.825. The number of aromatic carboxylic acids is 1. The normalized spacial score (nSPS) is 9.95. The van der Waals surface area contributed by atoms with Crippen LogP contribution in [0.5, 0.6) is 17.2 Å². The van der Waals surface area contributed by atoms with Gasteiger partial charge in [0.1, 0.15) is 0 Å². The maximum atomic E-state index is 11.0. The highest BCUT2D eigenvalue weighted by Crippen LogP contribution is 2.34. The molecule has 0 atom stereocenters. The number of methoxy groups -OCH3 is 1. The van der Waals surface area contributed by atoms with Crippen molar-refractivity contribution in [2.75, 3.05) is 12.8 Å². The first-order chi connectivity index (χ1) is 9.11. The lowest BCUT2D eigenvalue weighted by atomic mass is 10.2. The molecule has 3 N–H and O–H groups in total. The molecule has 98 valence electrons. The van der Waals surface area contributed by atoms with Crippen molar-refractivity contribution in [3.8, 4) is 17.2 Å². The number of nitrogen functional groups attached to an aromatic ring is 1. The summed E-state index contributed by atoms with van der Waals surface area (Å²) in [6.45, 7) is 0. The highest BCUT2D eigenvalue weighted by molar-refractivity contribution is 5.88. The van der Waals surface area contributed by atoms with E-state index in [9.17, 15) is 4.79 Å². The maximum Gasteiger partial charge on any atom is 0.335 e. The Morgan fingerprint density at radius 2 is 1.84 bits per heavy atom. The molecule has 19 heavy (non-hydrogen) atoms. The highest BCUT2D eigenvalue weighted by atomic mass is 16.5. The number of benzene rings is 2. The van der Waals surface area contributed by atoms with Crippen molar-refractivity contribution in [3.63, 3.8) is 0 Å². The van der Waals surface area contributed by atoms with Crippen LogP contribution in [0, 0.1) is 0 Å². The van der Waals surface area contributed by atoms with Gasteiger partial charge in [0.15, 0.2) is 17.2 Å². The molecular weight excluding hydrogens is 246 g/mol. The Bertz CT molecular complexity index is 610. The Balaban J connectivity index is 2.40. The number of para-hydroxylation sites is 2. The molecule has 5 heteroatoms. The molecule has 0 saturated carbocycles. The second-order valence-electron chi connectivity index (χ2n) is 3.81. The van der Waals surface area contributed by atoms with Crippen molar-refractivity contribution < 1.29 is 19.4 Å². The van der Waals surface area contributed by atoms with Crippen LogP contribution in [0.2, 0.25) is 0 Å². The minimum atomic E-state index is -1.03. The summed E-state index contributed by atoms with van der Waals surface area (Å²) in [4.78, 5) is 11.0. The van der Waals surface area contributed by atoms with Gasteiger partial charge in [-0.3, -0.25) is 0 Å². The monoisotopic (exact) mass is 259 g/mol. The van der Waals surface area contributed by atoms with Crippen LogP contribution in [0.15, 0.2) is 42.5 Å². The molecule has 2 aromatic rings. The third kappa shape index (κ3) is 2.77. The van der Waals surface area contributed by atoms with Crippen molar-refractivity contribution in [2.45, 2.75) is 0 Å². The third-order valence-electron chi connectivity index (χ3n) is 2.55. The Morgan fingerprint density at radius 3 is 2.47 bits per heavy atom. The van der Waals surface area contributed by atoms with Crippen LogP contribution in [-0.4, -0.2) is 18.2 Å². The summed E-state index contributed by atoms with van der Waals surface area (Å²) in [5, 5.41) is 8.97. The molecular formula is C14H13NO4. The number of rotatable bonds is 4. The van der Waals surface area contributed by atoms with Gasteiger partial charge in [0.25, 0.3) is 0 Å². The first kappa shape index (κ1) is 12.8. The molecule has 0 fully saturated rings. The fourth-order valence-corrected chi connectivity index (χ4v) is 1.58. The Kier molecular flexibility index (Phi) is 3.56. The van der Waals surface area contributed by atoms with Gasteiger partial charge in [-0.1, -0.05) is 12.1 Å². The molecule has 5 nitrogen and oxygen atoms in total. The van der Waals surface area contributed by atoms with E-state index >= 15 is 0 Å². The molecule has 0 radical (unpaired) electrons. The first-order valence-electron chi connectivity index (χ1n) is 5.55. The second kappa shape index (κ2) is 5.30. The van der Waals surface area contributed by atoms with E-state index in [1.807, 2.05) is 0 Å². The number of carboxylic acids is 1. The standard InChI is InChI=1S/C14H13NO4/c1-18-12-7-6-9(14(16)17)8-13(12)19-11-5-3-2-4-10(11)15/h2-8H,15H2,1H3,(H,16,17). The number of anilines is 1. The topological polar surface area (TPSA) is 81.8 Å². The Labute approximate surface area is 110 Å². The summed E-state index contributed by atoms with van der Waals surface area (Å²) >= 11 is 0. The van der Waals surface area contributed by atoms with E-state index in [0.29, 0.717) is 22.9 Å². The molecule has 0 amide bonds. The van der Waals surface area contributed by atoms with Gasteiger partial charge in [0.2, 0.25) is 0 Å². The fraction of sp³-hybridized carbons (Fsp3) is 0.0714. The first-order valence-corrected chi connectivity index (χ1v) is 5.55. The van der Waals surface area contributed by atoms with Gasteiger partial charge in [0.05, 0.1) is 18.4 Å². The lowest BCUT2D eigenvalue weighted by molar-refractivity contribution is 0.0696. The second-order valence-corrected chi connectivity index (χ2v) is 3.81. The minimum Gasteiger partial charge on any atom is -0.493 e. The van der Waals surface area contributed by atoms with Crippen molar-refractivity contribution in [1.82, 2.24) is 0 Å². The fourth-order valence-electron chi connectivity index (χ4n) is 1.58. The Hall–Kier alpha value is -2.69.